The Bertz CT molecular complexity index is 722. The number of fused-ring (bicyclic) bond motifs is 1. The number of carbonyl (C=O) groups is 1. The Morgan fingerprint density at radius 2 is 2.17 bits per heavy atom. The van der Waals surface area contributed by atoms with E-state index in [-0.39, 0.29) is 5.91 Å². The summed E-state index contributed by atoms with van der Waals surface area (Å²) in [5, 5.41) is 4.24. The van der Waals surface area contributed by atoms with Crippen molar-refractivity contribution in [2.24, 2.45) is 7.05 Å². The SMILES string of the molecule is Cc1ccc(CN2CC[C@H]3[C@@H]2CCC(=O)N3c2cnn(C)c2)s1. The summed E-state index contributed by atoms with van der Waals surface area (Å²) in [6.07, 6.45) is 6.42. The Morgan fingerprint density at radius 3 is 2.87 bits per heavy atom. The highest BCUT2D eigenvalue weighted by Crippen LogP contribution is 2.35. The third-order valence-corrected chi connectivity index (χ3v) is 5.99. The number of piperidine rings is 1. The van der Waals surface area contributed by atoms with Crippen molar-refractivity contribution in [3.63, 3.8) is 0 Å². The van der Waals surface area contributed by atoms with Crippen LogP contribution in [0.1, 0.15) is 29.0 Å². The first kappa shape index (κ1) is 14.9. The van der Waals surface area contributed by atoms with Gasteiger partial charge in [0.15, 0.2) is 0 Å². The van der Waals surface area contributed by atoms with E-state index < -0.39 is 0 Å². The van der Waals surface area contributed by atoms with Crippen LogP contribution in [0.2, 0.25) is 0 Å². The molecular weight excluding hydrogens is 308 g/mol. The van der Waals surface area contributed by atoms with Crippen LogP contribution in [0.15, 0.2) is 24.5 Å². The molecule has 2 aromatic rings. The van der Waals surface area contributed by atoms with Crippen LogP contribution in [0.25, 0.3) is 0 Å². The number of anilines is 1. The van der Waals surface area contributed by atoms with E-state index in [0.29, 0.717) is 18.5 Å². The molecule has 4 heterocycles. The minimum absolute atomic E-state index is 0.244. The lowest BCUT2D eigenvalue weighted by Crippen LogP contribution is -2.52. The van der Waals surface area contributed by atoms with Gasteiger partial charge in [0.05, 0.1) is 17.9 Å². The molecule has 0 bridgehead atoms. The van der Waals surface area contributed by atoms with Gasteiger partial charge in [-0.3, -0.25) is 14.4 Å². The molecule has 2 fully saturated rings. The lowest BCUT2D eigenvalue weighted by atomic mass is 9.96. The molecule has 2 aromatic heterocycles. The second-order valence-corrected chi connectivity index (χ2v) is 7.95. The van der Waals surface area contributed by atoms with Crippen molar-refractivity contribution in [3.8, 4) is 0 Å². The number of carbonyl (C=O) groups excluding carboxylic acids is 1. The fourth-order valence-electron chi connectivity index (χ4n) is 3.99. The van der Waals surface area contributed by atoms with Crippen molar-refractivity contribution >= 4 is 22.9 Å². The summed E-state index contributed by atoms with van der Waals surface area (Å²) in [6.45, 7) is 4.23. The topological polar surface area (TPSA) is 41.4 Å². The Balaban J connectivity index is 1.55. The molecule has 0 aromatic carbocycles. The average molecular weight is 330 g/mol. The maximum absolute atomic E-state index is 12.5. The Morgan fingerprint density at radius 1 is 1.30 bits per heavy atom. The number of aryl methyl sites for hydroxylation is 2. The average Bonchev–Trinajstić information content (AvgIpc) is 3.21. The zero-order valence-corrected chi connectivity index (χ0v) is 14.4. The zero-order valence-electron chi connectivity index (χ0n) is 13.6. The predicted molar refractivity (Wildman–Crippen MR) is 91.6 cm³/mol. The molecule has 0 radical (unpaired) electrons. The van der Waals surface area contributed by atoms with Crippen LogP contribution in [0, 0.1) is 6.92 Å². The number of nitrogens with zero attached hydrogens (tertiary/aromatic N) is 4. The molecule has 4 rings (SSSR count). The number of thiophene rings is 1. The molecule has 0 unspecified atom stereocenters. The summed E-state index contributed by atoms with van der Waals surface area (Å²) < 4.78 is 1.77. The van der Waals surface area contributed by atoms with Crippen LogP contribution in [-0.2, 0) is 18.4 Å². The zero-order chi connectivity index (χ0) is 16.0. The highest BCUT2D eigenvalue weighted by atomic mass is 32.1. The molecule has 2 atom stereocenters. The second-order valence-electron chi connectivity index (χ2n) is 6.58. The second kappa shape index (κ2) is 5.76. The molecule has 2 saturated heterocycles. The van der Waals surface area contributed by atoms with Gasteiger partial charge in [0, 0.05) is 48.6 Å². The van der Waals surface area contributed by atoms with Crippen molar-refractivity contribution in [3.05, 3.63) is 34.3 Å². The van der Waals surface area contributed by atoms with Gasteiger partial charge in [-0.05, 0) is 31.9 Å². The number of rotatable bonds is 3. The van der Waals surface area contributed by atoms with E-state index in [2.05, 4.69) is 29.1 Å². The van der Waals surface area contributed by atoms with Crippen LogP contribution >= 0.6 is 11.3 Å². The lowest BCUT2D eigenvalue weighted by Gasteiger charge is -2.39. The van der Waals surface area contributed by atoms with Gasteiger partial charge in [-0.15, -0.1) is 11.3 Å². The fourth-order valence-corrected chi connectivity index (χ4v) is 4.90. The summed E-state index contributed by atoms with van der Waals surface area (Å²) in [7, 11) is 1.90. The van der Waals surface area contributed by atoms with Crippen molar-refractivity contribution in [2.75, 3.05) is 11.4 Å². The van der Waals surface area contributed by atoms with E-state index in [1.54, 1.807) is 4.68 Å². The van der Waals surface area contributed by atoms with Crippen LogP contribution in [0.5, 0.6) is 0 Å². The Kier molecular flexibility index (Phi) is 3.73. The third-order valence-electron chi connectivity index (χ3n) is 5.00. The van der Waals surface area contributed by atoms with Gasteiger partial charge in [0.2, 0.25) is 5.91 Å². The van der Waals surface area contributed by atoms with E-state index in [0.717, 1.165) is 31.6 Å². The van der Waals surface area contributed by atoms with Crippen molar-refractivity contribution in [1.29, 1.82) is 0 Å². The molecule has 122 valence electrons. The van der Waals surface area contributed by atoms with Gasteiger partial charge >= 0.3 is 0 Å². The fraction of sp³-hybridized carbons (Fsp3) is 0.529. The van der Waals surface area contributed by atoms with Gasteiger partial charge in [-0.2, -0.15) is 5.10 Å². The lowest BCUT2D eigenvalue weighted by molar-refractivity contribution is -0.120. The highest BCUT2D eigenvalue weighted by molar-refractivity contribution is 7.11. The van der Waals surface area contributed by atoms with E-state index in [1.165, 1.54) is 9.75 Å². The minimum Gasteiger partial charge on any atom is -0.305 e. The number of aromatic nitrogens is 2. The minimum atomic E-state index is 0.244. The van der Waals surface area contributed by atoms with Crippen LogP contribution < -0.4 is 4.90 Å². The van der Waals surface area contributed by atoms with Crippen molar-refractivity contribution < 1.29 is 4.79 Å². The Hall–Kier alpha value is -1.66. The maximum Gasteiger partial charge on any atom is 0.227 e. The van der Waals surface area contributed by atoms with E-state index in [1.807, 2.05) is 35.7 Å². The van der Waals surface area contributed by atoms with Gasteiger partial charge in [0.1, 0.15) is 0 Å². The van der Waals surface area contributed by atoms with Crippen LogP contribution in [-0.4, -0.2) is 39.2 Å². The molecule has 6 heteroatoms. The molecule has 23 heavy (non-hydrogen) atoms. The largest absolute Gasteiger partial charge is 0.305 e. The molecular formula is C17H22N4OS. The molecule has 2 aliphatic rings. The summed E-state index contributed by atoms with van der Waals surface area (Å²) in [6, 6.07) is 5.19. The summed E-state index contributed by atoms with van der Waals surface area (Å²) in [4.78, 5) is 19.8. The summed E-state index contributed by atoms with van der Waals surface area (Å²) in [5.74, 6) is 0.244. The molecule has 0 N–H and O–H groups in total. The smallest absolute Gasteiger partial charge is 0.227 e. The standard InChI is InChI=1S/C17H22N4OS/c1-12-3-4-14(23-12)11-20-8-7-16-15(20)5-6-17(22)21(16)13-9-18-19(2)10-13/h3-4,9-10,15-16H,5-8,11H2,1-2H3/t15-,16-/m0/s1. The predicted octanol–water partition coefficient (Wildman–Crippen LogP) is 2.56. The first-order valence-electron chi connectivity index (χ1n) is 8.22. The van der Waals surface area contributed by atoms with Gasteiger partial charge < -0.3 is 4.90 Å². The normalized spacial score (nSPS) is 25.1. The van der Waals surface area contributed by atoms with Crippen LogP contribution in [0.4, 0.5) is 5.69 Å². The maximum atomic E-state index is 12.5. The molecule has 0 aliphatic carbocycles. The van der Waals surface area contributed by atoms with Crippen LogP contribution in [0.3, 0.4) is 0 Å². The number of likely N-dealkylation sites (tertiary alicyclic amines) is 1. The monoisotopic (exact) mass is 330 g/mol. The number of hydrogen-bond donors (Lipinski definition) is 0. The van der Waals surface area contributed by atoms with Gasteiger partial charge in [0.25, 0.3) is 0 Å². The number of amides is 1. The van der Waals surface area contributed by atoms with Gasteiger partial charge in [-0.1, -0.05) is 0 Å². The molecule has 2 aliphatic heterocycles. The summed E-state index contributed by atoms with van der Waals surface area (Å²) >= 11 is 1.88. The molecule has 1 amide bonds. The highest BCUT2D eigenvalue weighted by Gasteiger charge is 2.43. The van der Waals surface area contributed by atoms with Crippen molar-refractivity contribution in [1.82, 2.24) is 14.7 Å². The Labute approximate surface area is 140 Å². The first-order valence-corrected chi connectivity index (χ1v) is 9.03. The first-order chi connectivity index (χ1) is 11.1. The molecule has 0 spiro atoms. The van der Waals surface area contributed by atoms with E-state index in [9.17, 15) is 4.79 Å². The number of hydrogen-bond acceptors (Lipinski definition) is 4. The molecule has 5 nitrogen and oxygen atoms in total. The molecule has 0 saturated carbocycles. The van der Waals surface area contributed by atoms with Gasteiger partial charge in [-0.25, -0.2) is 0 Å². The van der Waals surface area contributed by atoms with E-state index in [4.69, 9.17) is 0 Å². The van der Waals surface area contributed by atoms with Crippen molar-refractivity contribution in [2.45, 2.75) is 44.8 Å². The van der Waals surface area contributed by atoms with E-state index >= 15 is 0 Å². The third kappa shape index (κ3) is 2.70. The summed E-state index contributed by atoms with van der Waals surface area (Å²) in [5.41, 5.74) is 0.945. The quantitative estimate of drug-likeness (QED) is 0.868.